The number of thiol groups is 1. The van der Waals surface area contributed by atoms with Crippen LogP contribution in [0.15, 0.2) is 11.4 Å². The van der Waals surface area contributed by atoms with Crippen molar-refractivity contribution in [3.8, 4) is 0 Å². The van der Waals surface area contributed by atoms with Crippen LogP contribution in [0.5, 0.6) is 0 Å². The molecule has 70 valence electrons. The summed E-state index contributed by atoms with van der Waals surface area (Å²) in [4.78, 5) is 22.1. The number of hydrogen-bond acceptors (Lipinski definition) is 5. The lowest BCUT2D eigenvalue weighted by molar-refractivity contribution is -0.140. The Hall–Kier alpha value is -0.810. The summed E-state index contributed by atoms with van der Waals surface area (Å²) < 4.78 is 4.51. The zero-order valence-electron chi connectivity index (χ0n) is 6.89. The molecule has 1 aromatic heterocycles. The fourth-order valence-electron chi connectivity index (χ4n) is 0.891. The van der Waals surface area contributed by atoms with Gasteiger partial charge in [-0.25, -0.2) is 0 Å². The number of thiophene rings is 1. The number of ether oxygens (including phenoxy) is 1. The summed E-state index contributed by atoms with van der Waals surface area (Å²) in [6, 6.07) is 1.70. The molecule has 5 heteroatoms. The second-order valence-electron chi connectivity index (χ2n) is 2.28. The minimum Gasteiger partial charge on any atom is -0.468 e. The molecule has 1 aromatic rings. The Morgan fingerprint density at radius 2 is 2.46 bits per heavy atom. The SMILES string of the molecule is COC(=O)C(S)c1ccsc1C=O. The van der Waals surface area contributed by atoms with E-state index in [2.05, 4.69) is 17.4 Å². The first-order valence-corrected chi connectivity index (χ1v) is 4.88. The topological polar surface area (TPSA) is 43.4 Å². The molecule has 0 fully saturated rings. The van der Waals surface area contributed by atoms with Gasteiger partial charge in [-0.05, 0) is 17.0 Å². The molecule has 13 heavy (non-hydrogen) atoms. The molecule has 0 aromatic carbocycles. The van der Waals surface area contributed by atoms with Crippen LogP contribution in [0.1, 0.15) is 20.5 Å². The Bertz CT molecular complexity index is 319. The summed E-state index contributed by atoms with van der Waals surface area (Å²) in [6.45, 7) is 0. The van der Waals surface area contributed by atoms with E-state index in [4.69, 9.17) is 0 Å². The molecular formula is C8H8O3S2. The van der Waals surface area contributed by atoms with Gasteiger partial charge in [0, 0.05) is 0 Å². The Kier molecular flexibility index (Phi) is 3.50. The van der Waals surface area contributed by atoms with Crippen molar-refractivity contribution >= 4 is 36.2 Å². The van der Waals surface area contributed by atoms with Crippen LogP contribution >= 0.6 is 24.0 Å². The van der Waals surface area contributed by atoms with E-state index in [0.717, 1.165) is 0 Å². The molecule has 3 nitrogen and oxygen atoms in total. The summed E-state index contributed by atoms with van der Waals surface area (Å²) in [5.41, 5.74) is 0.607. The summed E-state index contributed by atoms with van der Waals surface area (Å²) >= 11 is 5.34. The van der Waals surface area contributed by atoms with Crippen LogP contribution < -0.4 is 0 Å². The third-order valence-corrected chi connectivity index (χ3v) is 2.90. The van der Waals surface area contributed by atoms with E-state index in [-0.39, 0.29) is 0 Å². The van der Waals surface area contributed by atoms with Crippen LogP contribution in [-0.2, 0) is 9.53 Å². The van der Waals surface area contributed by atoms with Gasteiger partial charge in [0.15, 0.2) is 6.29 Å². The average Bonchev–Trinajstić information content (AvgIpc) is 2.62. The van der Waals surface area contributed by atoms with Crippen LogP contribution in [0.4, 0.5) is 0 Å². The minimum atomic E-state index is -0.670. The normalized spacial score (nSPS) is 12.2. The van der Waals surface area contributed by atoms with Crippen molar-refractivity contribution in [1.29, 1.82) is 0 Å². The minimum absolute atomic E-state index is 0.454. The number of methoxy groups -OCH3 is 1. The van der Waals surface area contributed by atoms with E-state index in [1.807, 2.05) is 0 Å². The molecule has 0 amide bonds. The van der Waals surface area contributed by atoms with E-state index in [0.29, 0.717) is 16.7 Å². The van der Waals surface area contributed by atoms with Gasteiger partial charge in [0.25, 0.3) is 0 Å². The number of hydrogen-bond donors (Lipinski definition) is 1. The number of rotatable bonds is 3. The van der Waals surface area contributed by atoms with E-state index in [1.165, 1.54) is 18.4 Å². The van der Waals surface area contributed by atoms with E-state index in [1.54, 1.807) is 11.4 Å². The second-order valence-corrected chi connectivity index (χ2v) is 3.75. The molecule has 0 saturated heterocycles. The fraction of sp³-hybridized carbons (Fsp3) is 0.250. The van der Waals surface area contributed by atoms with Gasteiger partial charge in [-0.3, -0.25) is 9.59 Å². The third kappa shape index (κ3) is 2.10. The van der Waals surface area contributed by atoms with Crippen molar-refractivity contribution in [1.82, 2.24) is 0 Å². The highest BCUT2D eigenvalue weighted by Crippen LogP contribution is 2.27. The fourth-order valence-corrected chi connectivity index (χ4v) is 2.05. The standard InChI is InChI=1S/C8H8O3S2/c1-11-8(10)7(12)5-2-3-13-6(5)4-9/h2-4,7,12H,1H3. The summed E-state index contributed by atoms with van der Waals surface area (Å²) in [6.07, 6.45) is 0.714. The van der Waals surface area contributed by atoms with Gasteiger partial charge in [-0.2, -0.15) is 12.6 Å². The molecule has 1 atom stereocenters. The summed E-state index contributed by atoms with van der Waals surface area (Å²) in [5, 5.41) is 1.07. The number of carbonyl (C=O) groups is 2. The molecule has 1 heterocycles. The quantitative estimate of drug-likeness (QED) is 0.475. The zero-order valence-corrected chi connectivity index (χ0v) is 8.60. The summed E-state index contributed by atoms with van der Waals surface area (Å²) in [7, 11) is 1.29. The van der Waals surface area contributed by atoms with Gasteiger partial charge in [0.1, 0.15) is 5.25 Å². The smallest absolute Gasteiger partial charge is 0.323 e. The van der Waals surface area contributed by atoms with Crippen LogP contribution in [0, 0.1) is 0 Å². The van der Waals surface area contributed by atoms with E-state index in [9.17, 15) is 9.59 Å². The average molecular weight is 216 g/mol. The first-order valence-electron chi connectivity index (χ1n) is 3.49. The molecule has 0 saturated carbocycles. The Morgan fingerprint density at radius 3 is 3.00 bits per heavy atom. The predicted octanol–water partition coefficient (Wildman–Crippen LogP) is 1.70. The predicted molar refractivity (Wildman–Crippen MR) is 53.4 cm³/mol. The highest BCUT2D eigenvalue weighted by molar-refractivity contribution is 7.81. The molecule has 0 bridgehead atoms. The molecule has 0 radical (unpaired) electrons. The van der Waals surface area contributed by atoms with Crippen LogP contribution in [0.3, 0.4) is 0 Å². The van der Waals surface area contributed by atoms with Gasteiger partial charge < -0.3 is 4.74 Å². The zero-order chi connectivity index (χ0) is 9.84. The molecular weight excluding hydrogens is 208 g/mol. The highest BCUT2D eigenvalue weighted by atomic mass is 32.1. The van der Waals surface area contributed by atoms with Crippen molar-refractivity contribution in [2.75, 3.05) is 7.11 Å². The molecule has 1 rings (SSSR count). The largest absolute Gasteiger partial charge is 0.468 e. The van der Waals surface area contributed by atoms with E-state index < -0.39 is 11.2 Å². The Labute approximate surface area is 85.1 Å². The molecule has 1 unspecified atom stereocenters. The Balaban J connectivity index is 2.93. The van der Waals surface area contributed by atoms with Crippen molar-refractivity contribution in [2.45, 2.75) is 5.25 Å². The maximum Gasteiger partial charge on any atom is 0.323 e. The van der Waals surface area contributed by atoms with Crippen molar-refractivity contribution < 1.29 is 14.3 Å². The molecule has 0 aliphatic rings. The van der Waals surface area contributed by atoms with Crippen molar-refractivity contribution in [2.24, 2.45) is 0 Å². The van der Waals surface area contributed by atoms with Crippen molar-refractivity contribution in [3.63, 3.8) is 0 Å². The first kappa shape index (κ1) is 10.3. The van der Waals surface area contributed by atoms with Crippen LogP contribution in [0.25, 0.3) is 0 Å². The van der Waals surface area contributed by atoms with Gasteiger partial charge in [-0.1, -0.05) is 0 Å². The molecule has 0 spiro atoms. The number of aldehydes is 1. The van der Waals surface area contributed by atoms with Gasteiger partial charge in [0.05, 0.1) is 12.0 Å². The lowest BCUT2D eigenvalue weighted by atomic mass is 10.2. The van der Waals surface area contributed by atoms with Crippen LogP contribution in [-0.4, -0.2) is 19.4 Å². The van der Waals surface area contributed by atoms with E-state index >= 15 is 0 Å². The second kappa shape index (κ2) is 4.43. The van der Waals surface area contributed by atoms with Crippen LogP contribution in [0.2, 0.25) is 0 Å². The van der Waals surface area contributed by atoms with Crippen molar-refractivity contribution in [3.05, 3.63) is 21.9 Å². The lowest BCUT2D eigenvalue weighted by Crippen LogP contribution is -2.09. The van der Waals surface area contributed by atoms with Gasteiger partial charge in [-0.15, -0.1) is 11.3 Å². The molecule has 0 N–H and O–H groups in total. The Morgan fingerprint density at radius 1 is 1.77 bits per heavy atom. The molecule has 0 aliphatic heterocycles. The maximum absolute atomic E-state index is 11.1. The third-order valence-electron chi connectivity index (χ3n) is 1.55. The van der Waals surface area contributed by atoms with Gasteiger partial charge in [0.2, 0.25) is 0 Å². The lowest BCUT2D eigenvalue weighted by Gasteiger charge is -2.06. The van der Waals surface area contributed by atoms with Gasteiger partial charge >= 0.3 is 5.97 Å². The highest BCUT2D eigenvalue weighted by Gasteiger charge is 2.20. The number of carbonyl (C=O) groups excluding carboxylic acids is 2. The number of esters is 1. The molecule has 0 aliphatic carbocycles. The monoisotopic (exact) mass is 216 g/mol. The summed E-state index contributed by atoms with van der Waals surface area (Å²) in [5.74, 6) is -0.454. The maximum atomic E-state index is 11.1. The first-order chi connectivity index (χ1) is 6.20.